The van der Waals surface area contributed by atoms with E-state index in [1.165, 1.54) is 5.56 Å². The lowest BCUT2D eigenvalue weighted by molar-refractivity contribution is -0.122. The van der Waals surface area contributed by atoms with Crippen LogP contribution in [0, 0.1) is 0 Å². The first-order valence-electron chi connectivity index (χ1n) is 11.9. The molecule has 4 rings (SSSR count). The van der Waals surface area contributed by atoms with Gasteiger partial charge in [-0.15, -0.1) is 0 Å². The van der Waals surface area contributed by atoms with Crippen LogP contribution >= 0.6 is 11.6 Å². The monoisotopic (exact) mass is 480 g/mol. The summed E-state index contributed by atoms with van der Waals surface area (Å²) in [5.41, 5.74) is 4.04. The summed E-state index contributed by atoms with van der Waals surface area (Å²) in [6.07, 6.45) is 2.94. The maximum atomic E-state index is 12.5. The Bertz CT molecular complexity index is 1100. The van der Waals surface area contributed by atoms with Gasteiger partial charge in [-0.25, -0.2) is 4.98 Å². The van der Waals surface area contributed by atoms with Crippen molar-refractivity contribution in [2.24, 2.45) is 0 Å². The van der Waals surface area contributed by atoms with Gasteiger partial charge >= 0.3 is 0 Å². The third-order valence-corrected chi connectivity index (χ3v) is 6.31. The summed E-state index contributed by atoms with van der Waals surface area (Å²) in [6.45, 7) is 10.0. The molecule has 0 bridgehead atoms. The Hall–Kier alpha value is -2.67. The Morgan fingerprint density at radius 2 is 1.82 bits per heavy atom. The standard InChI is InChI=1S/C27H33ClN4O2/c1-19(2)29-26(33)18-32-17-25(30-27(32)23-5-4-6-24(28)16-23)22-9-7-21(8-10-22)15-20(3)31-11-13-34-14-12-31/h4-10,16-17,19-20H,11-15,18H2,1-3H3,(H,29,33). The molecule has 3 aromatic rings. The lowest BCUT2D eigenvalue weighted by Crippen LogP contribution is -2.43. The number of imidazole rings is 1. The van der Waals surface area contributed by atoms with Crippen molar-refractivity contribution in [1.29, 1.82) is 0 Å². The number of aromatic nitrogens is 2. The second-order valence-electron chi connectivity index (χ2n) is 9.21. The fourth-order valence-electron chi connectivity index (χ4n) is 4.36. The third-order valence-electron chi connectivity index (χ3n) is 6.07. The van der Waals surface area contributed by atoms with Gasteiger partial charge in [0, 0.05) is 47.5 Å². The molecule has 1 amide bonds. The van der Waals surface area contributed by atoms with E-state index < -0.39 is 0 Å². The number of nitrogens with one attached hydrogen (secondary N) is 1. The normalized spacial score (nSPS) is 15.4. The predicted molar refractivity (Wildman–Crippen MR) is 137 cm³/mol. The summed E-state index contributed by atoms with van der Waals surface area (Å²) in [6, 6.07) is 16.7. The van der Waals surface area contributed by atoms with Crippen LogP contribution in [0.15, 0.2) is 54.7 Å². The molecule has 2 aromatic carbocycles. The zero-order valence-electron chi connectivity index (χ0n) is 20.1. The number of rotatable bonds is 8. The molecule has 0 saturated carbocycles. The first-order chi connectivity index (χ1) is 16.4. The van der Waals surface area contributed by atoms with Gasteiger partial charge in [0.25, 0.3) is 0 Å². The summed E-state index contributed by atoms with van der Waals surface area (Å²) in [7, 11) is 0. The molecule has 0 aliphatic carbocycles. The van der Waals surface area contributed by atoms with Crippen LogP contribution in [-0.2, 0) is 22.5 Å². The van der Waals surface area contributed by atoms with Gasteiger partial charge in [0.2, 0.25) is 5.91 Å². The highest BCUT2D eigenvalue weighted by Gasteiger charge is 2.18. The average molecular weight is 481 g/mol. The molecule has 1 atom stereocenters. The average Bonchev–Trinajstić information content (AvgIpc) is 3.23. The maximum absolute atomic E-state index is 12.5. The van der Waals surface area contributed by atoms with Crippen LogP contribution in [0.3, 0.4) is 0 Å². The predicted octanol–water partition coefficient (Wildman–Crippen LogP) is 4.66. The van der Waals surface area contributed by atoms with E-state index in [0.29, 0.717) is 11.1 Å². The van der Waals surface area contributed by atoms with E-state index in [4.69, 9.17) is 21.3 Å². The van der Waals surface area contributed by atoms with Crippen LogP contribution in [0.2, 0.25) is 5.02 Å². The van der Waals surface area contributed by atoms with Crippen LogP contribution in [0.1, 0.15) is 26.3 Å². The Kier molecular flexibility index (Phi) is 8.03. The molecule has 1 unspecified atom stereocenters. The van der Waals surface area contributed by atoms with E-state index >= 15 is 0 Å². The third kappa shape index (κ3) is 6.26. The summed E-state index contributed by atoms with van der Waals surface area (Å²) >= 11 is 6.23. The van der Waals surface area contributed by atoms with Crippen molar-refractivity contribution in [3.63, 3.8) is 0 Å². The van der Waals surface area contributed by atoms with Crippen molar-refractivity contribution in [2.75, 3.05) is 26.3 Å². The second-order valence-corrected chi connectivity index (χ2v) is 9.65. The molecule has 1 aliphatic heterocycles. The Morgan fingerprint density at radius 3 is 2.50 bits per heavy atom. The van der Waals surface area contributed by atoms with Gasteiger partial charge in [0.05, 0.1) is 18.9 Å². The molecule has 1 aliphatic rings. The van der Waals surface area contributed by atoms with Crippen molar-refractivity contribution < 1.29 is 9.53 Å². The number of morpholine rings is 1. The highest BCUT2D eigenvalue weighted by Crippen LogP contribution is 2.27. The van der Waals surface area contributed by atoms with E-state index in [1.54, 1.807) is 0 Å². The van der Waals surface area contributed by atoms with E-state index in [0.717, 1.165) is 55.4 Å². The summed E-state index contributed by atoms with van der Waals surface area (Å²) in [4.78, 5) is 19.9. The van der Waals surface area contributed by atoms with Gasteiger partial charge in [-0.2, -0.15) is 0 Å². The van der Waals surface area contributed by atoms with Crippen LogP contribution in [0.5, 0.6) is 0 Å². The van der Waals surface area contributed by atoms with Gasteiger partial charge in [-0.1, -0.05) is 48.0 Å². The number of amides is 1. The van der Waals surface area contributed by atoms with Crippen molar-refractivity contribution >= 4 is 17.5 Å². The minimum Gasteiger partial charge on any atom is -0.379 e. The van der Waals surface area contributed by atoms with Crippen LogP contribution in [-0.4, -0.2) is 58.7 Å². The molecule has 0 radical (unpaired) electrons. The number of ether oxygens (including phenoxy) is 1. The quantitative estimate of drug-likeness (QED) is 0.509. The molecular weight excluding hydrogens is 448 g/mol. The molecule has 1 fully saturated rings. The van der Waals surface area contributed by atoms with Gasteiger partial charge in [-0.3, -0.25) is 9.69 Å². The fraction of sp³-hybridized carbons (Fsp3) is 0.407. The van der Waals surface area contributed by atoms with Gasteiger partial charge in [0.1, 0.15) is 12.4 Å². The highest BCUT2D eigenvalue weighted by atomic mass is 35.5. The van der Waals surface area contributed by atoms with Crippen LogP contribution in [0.25, 0.3) is 22.6 Å². The summed E-state index contributed by atoms with van der Waals surface area (Å²) < 4.78 is 7.37. The number of hydrogen-bond donors (Lipinski definition) is 1. The summed E-state index contributed by atoms with van der Waals surface area (Å²) in [5.74, 6) is 0.677. The van der Waals surface area contributed by atoms with E-state index in [2.05, 4.69) is 41.4 Å². The molecule has 6 nitrogen and oxygen atoms in total. The molecule has 2 heterocycles. The number of hydrogen-bond acceptors (Lipinski definition) is 4. The fourth-order valence-corrected chi connectivity index (χ4v) is 4.55. The smallest absolute Gasteiger partial charge is 0.240 e. The van der Waals surface area contributed by atoms with Crippen molar-refractivity contribution in [3.8, 4) is 22.6 Å². The molecular formula is C27H33ClN4O2. The Labute approximate surface area is 206 Å². The molecule has 7 heteroatoms. The van der Waals surface area contributed by atoms with Crippen molar-refractivity contribution in [2.45, 2.75) is 45.8 Å². The zero-order valence-corrected chi connectivity index (χ0v) is 20.9. The van der Waals surface area contributed by atoms with Crippen LogP contribution in [0.4, 0.5) is 0 Å². The van der Waals surface area contributed by atoms with E-state index in [1.807, 2.05) is 48.9 Å². The first-order valence-corrected chi connectivity index (χ1v) is 12.3. The number of carbonyl (C=O) groups excluding carboxylic acids is 1. The van der Waals surface area contributed by atoms with Gasteiger partial charge < -0.3 is 14.6 Å². The van der Waals surface area contributed by atoms with Gasteiger partial charge in [-0.05, 0) is 44.9 Å². The number of halogens is 1. The van der Waals surface area contributed by atoms with Crippen molar-refractivity contribution in [1.82, 2.24) is 19.8 Å². The minimum atomic E-state index is -0.0466. The zero-order chi connectivity index (χ0) is 24.1. The van der Waals surface area contributed by atoms with Crippen molar-refractivity contribution in [3.05, 3.63) is 65.3 Å². The number of carbonyl (C=O) groups is 1. The van der Waals surface area contributed by atoms with E-state index in [-0.39, 0.29) is 18.5 Å². The molecule has 1 N–H and O–H groups in total. The molecule has 0 spiro atoms. The molecule has 34 heavy (non-hydrogen) atoms. The van der Waals surface area contributed by atoms with Gasteiger partial charge in [0.15, 0.2) is 0 Å². The van der Waals surface area contributed by atoms with Crippen LogP contribution < -0.4 is 5.32 Å². The minimum absolute atomic E-state index is 0.0466. The largest absolute Gasteiger partial charge is 0.379 e. The lowest BCUT2D eigenvalue weighted by Gasteiger charge is -2.32. The lowest BCUT2D eigenvalue weighted by atomic mass is 10.0. The SMILES string of the molecule is CC(C)NC(=O)Cn1cc(-c2ccc(CC(C)N3CCOCC3)cc2)nc1-c1cccc(Cl)c1. The topological polar surface area (TPSA) is 59.4 Å². The number of benzene rings is 2. The Morgan fingerprint density at radius 1 is 1.09 bits per heavy atom. The first kappa shape index (κ1) is 24.5. The summed E-state index contributed by atoms with van der Waals surface area (Å²) in [5, 5.41) is 3.60. The molecule has 180 valence electrons. The highest BCUT2D eigenvalue weighted by molar-refractivity contribution is 6.30. The molecule has 1 aromatic heterocycles. The Balaban J connectivity index is 1.55. The van der Waals surface area contributed by atoms with E-state index in [9.17, 15) is 4.79 Å². The maximum Gasteiger partial charge on any atom is 0.240 e. The number of nitrogens with zero attached hydrogens (tertiary/aromatic N) is 3. The second kappa shape index (κ2) is 11.2. The molecule has 1 saturated heterocycles.